The number of carbonyl (C=O) groups is 2. The Labute approximate surface area is 127 Å². The molecule has 19 heavy (non-hydrogen) atoms. The zero-order valence-corrected chi connectivity index (χ0v) is 13.0. The van der Waals surface area contributed by atoms with Crippen LogP contribution in [0.15, 0.2) is 0 Å². The minimum atomic E-state index is -1.44. The van der Waals surface area contributed by atoms with Gasteiger partial charge in [0.2, 0.25) is 0 Å². The third-order valence-corrected chi connectivity index (χ3v) is 3.59. The fourth-order valence-electron chi connectivity index (χ4n) is 2.14. The van der Waals surface area contributed by atoms with Crippen LogP contribution in [0.4, 0.5) is 0 Å². The van der Waals surface area contributed by atoms with E-state index in [9.17, 15) is 9.59 Å². The molecule has 1 saturated heterocycles. The predicted molar refractivity (Wildman–Crippen MR) is 66.6 cm³/mol. The van der Waals surface area contributed by atoms with Gasteiger partial charge in [0.25, 0.3) is 0 Å². The number of nitrogens with one attached hydrogen (secondary N) is 1. The molecule has 0 bridgehead atoms. The van der Waals surface area contributed by atoms with Crippen molar-refractivity contribution in [2.75, 3.05) is 13.1 Å². The van der Waals surface area contributed by atoms with E-state index in [0.29, 0.717) is 19.0 Å². The van der Waals surface area contributed by atoms with E-state index >= 15 is 0 Å². The van der Waals surface area contributed by atoms with Gasteiger partial charge in [0.15, 0.2) is 5.41 Å². The maximum absolute atomic E-state index is 10.4. The summed E-state index contributed by atoms with van der Waals surface area (Å²) in [5.41, 5.74) is 5.46. The molecular weight excluding hydrogens is 431 g/mol. The summed E-state index contributed by atoms with van der Waals surface area (Å²) in [4.78, 5) is 20.7. The SMILES string of the molecule is O=C(O)C1(C(=O)O)CCC1.[NH-]CC[C@H]1CCC[N-]1.[Pt+2]. The monoisotopic (exact) mass is 451 g/mol. The van der Waals surface area contributed by atoms with E-state index in [4.69, 9.17) is 15.9 Å². The maximum atomic E-state index is 10.4. The van der Waals surface area contributed by atoms with Gasteiger partial charge in [-0.25, -0.2) is 0 Å². The smallest absolute Gasteiger partial charge is 0.677 e. The van der Waals surface area contributed by atoms with Crippen molar-refractivity contribution in [3.63, 3.8) is 0 Å². The molecule has 2 aliphatic rings. The Morgan fingerprint density at radius 3 is 2.00 bits per heavy atom. The van der Waals surface area contributed by atoms with Crippen LogP contribution in [0.5, 0.6) is 0 Å². The molecule has 0 unspecified atom stereocenters. The first-order valence-electron chi connectivity index (χ1n) is 6.31. The Hall–Kier alpha value is -0.452. The number of carboxylic acids is 2. The van der Waals surface area contributed by atoms with Gasteiger partial charge in [-0.15, -0.1) is 12.6 Å². The van der Waals surface area contributed by atoms with E-state index in [1.807, 2.05) is 0 Å². The van der Waals surface area contributed by atoms with Crippen molar-refractivity contribution in [3.05, 3.63) is 11.1 Å². The summed E-state index contributed by atoms with van der Waals surface area (Å²) >= 11 is 0. The number of aliphatic carboxylic acids is 2. The van der Waals surface area contributed by atoms with Crippen LogP contribution < -0.4 is 0 Å². The fraction of sp³-hybridized carbons (Fsp3) is 0.833. The second kappa shape index (κ2) is 8.67. The topological polar surface area (TPSA) is 112 Å². The summed E-state index contributed by atoms with van der Waals surface area (Å²) < 4.78 is 0. The molecule has 1 aliphatic heterocycles. The molecular formula is C12H20N2O4Pt. The van der Waals surface area contributed by atoms with Gasteiger partial charge in [-0.1, -0.05) is 19.3 Å². The molecule has 0 spiro atoms. The van der Waals surface area contributed by atoms with Crippen LogP contribution in [-0.4, -0.2) is 41.3 Å². The van der Waals surface area contributed by atoms with Gasteiger partial charge in [0.05, 0.1) is 0 Å². The largest absolute Gasteiger partial charge is 2.00 e. The van der Waals surface area contributed by atoms with Crippen LogP contribution in [0.2, 0.25) is 0 Å². The fourth-order valence-corrected chi connectivity index (χ4v) is 2.14. The first-order chi connectivity index (χ1) is 8.53. The third-order valence-electron chi connectivity index (χ3n) is 3.59. The summed E-state index contributed by atoms with van der Waals surface area (Å²) in [6, 6.07) is 0.549. The van der Waals surface area contributed by atoms with Crippen LogP contribution in [0.1, 0.15) is 38.5 Å². The number of carboxylic acid groups (broad SMARTS) is 2. The molecule has 3 N–H and O–H groups in total. The van der Waals surface area contributed by atoms with Gasteiger partial charge in [-0.05, 0) is 19.3 Å². The van der Waals surface area contributed by atoms with Crippen molar-refractivity contribution in [1.29, 1.82) is 0 Å². The number of hydrogen-bond acceptors (Lipinski definition) is 2. The molecule has 0 amide bonds. The normalized spacial score (nSPS) is 23.3. The summed E-state index contributed by atoms with van der Waals surface area (Å²) in [7, 11) is 0. The Kier molecular flexibility index (Phi) is 8.46. The van der Waals surface area contributed by atoms with Crippen LogP contribution >= 0.6 is 0 Å². The van der Waals surface area contributed by atoms with Crippen LogP contribution in [-0.2, 0) is 30.7 Å². The molecule has 0 aromatic carbocycles. The van der Waals surface area contributed by atoms with Crippen LogP contribution in [0, 0.1) is 5.41 Å². The molecule has 6 nitrogen and oxygen atoms in total. The van der Waals surface area contributed by atoms with E-state index in [2.05, 4.69) is 5.32 Å². The van der Waals surface area contributed by atoms with Gasteiger partial charge >= 0.3 is 33.0 Å². The predicted octanol–water partition coefficient (Wildman–Crippen LogP) is 2.29. The minimum Gasteiger partial charge on any atom is -0.677 e. The summed E-state index contributed by atoms with van der Waals surface area (Å²) in [6.07, 6.45) is 4.73. The van der Waals surface area contributed by atoms with Crippen molar-refractivity contribution in [2.45, 2.75) is 44.6 Å². The number of rotatable bonds is 4. The van der Waals surface area contributed by atoms with Gasteiger partial charge < -0.3 is 21.3 Å². The molecule has 7 heteroatoms. The molecule has 112 valence electrons. The zero-order chi connectivity index (χ0) is 13.6. The molecule has 1 saturated carbocycles. The molecule has 2 rings (SSSR count). The van der Waals surface area contributed by atoms with Gasteiger partial charge in [0, 0.05) is 0 Å². The quantitative estimate of drug-likeness (QED) is 0.639. The Balaban J connectivity index is 0.000000331. The maximum Gasteiger partial charge on any atom is 2.00 e. The Morgan fingerprint density at radius 1 is 1.21 bits per heavy atom. The zero-order valence-electron chi connectivity index (χ0n) is 10.7. The first-order valence-corrected chi connectivity index (χ1v) is 6.31. The van der Waals surface area contributed by atoms with Crippen LogP contribution in [0.3, 0.4) is 0 Å². The average molecular weight is 451 g/mol. The van der Waals surface area contributed by atoms with Crippen molar-refractivity contribution >= 4 is 11.9 Å². The molecule has 0 radical (unpaired) electrons. The van der Waals surface area contributed by atoms with Crippen molar-refractivity contribution in [2.24, 2.45) is 5.41 Å². The van der Waals surface area contributed by atoms with E-state index in [0.717, 1.165) is 13.0 Å². The van der Waals surface area contributed by atoms with E-state index in [1.54, 1.807) is 0 Å². The second-order valence-electron chi connectivity index (χ2n) is 4.79. The van der Waals surface area contributed by atoms with Gasteiger partial charge in [-0.2, -0.15) is 6.54 Å². The van der Waals surface area contributed by atoms with E-state index in [1.165, 1.54) is 12.8 Å². The molecule has 1 heterocycles. The minimum absolute atomic E-state index is 0. The molecule has 1 atom stereocenters. The van der Waals surface area contributed by atoms with Crippen LogP contribution in [0.25, 0.3) is 11.1 Å². The van der Waals surface area contributed by atoms with E-state index < -0.39 is 17.4 Å². The van der Waals surface area contributed by atoms with Crippen molar-refractivity contribution in [3.8, 4) is 0 Å². The van der Waals surface area contributed by atoms with E-state index in [-0.39, 0.29) is 33.9 Å². The summed E-state index contributed by atoms with van der Waals surface area (Å²) in [6.45, 7) is 1.60. The molecule has 2 fully saturated rings. The van der Waals surface area contributed by atoms with Gasteiger partial charge in [0.1, 0.15) is 0 Å². The van der Waals surface area contributed by atoms with Crippen molar-refractivity contribution < 1.29 is 40.9 Å². The molecule has 1 aliphatic carbocycles. The first kappa shape index (κ1) is 18.5. The number of nitrogens with zero attached hydrogens (tertiary/aromatic N) is 1. The van der Waals surface area contributed by atoms with Crippen molar-refractivity contribution in [1.82, 2.24) is 0 Å². The Morgan fingerprint density at radius 2 is 1.79 bits per heavy atom. The standard InChI is InChI=1S/C6H12N2.C6H8O4.Pt/c7-4-3-6-2-1-5-8-6;7-4(8)6(5(9)10)2-1-3-6;/h6-7H,1-5H2;1-3H2,(H,7,8)(H,9,10);/q-2;;+2/t6-;;/m1../s1. The number of hydrogen-bond donors (Lipinski definition) is 2. The van der Waals surface area contributed by atoms with Gasteiger partial charge in [-0.3, -0.25) is 9.59 Å². The average Bonchev–Trinajstić information content (AvgIpc) is 2.68. The molecule has 0 aromatic heterocycles. The Bertz CT molecular complexity index is 286. The summed E-state index contributed by atoms with van der Waals surface area (Å²) in [5, 5.41) is 21.3. The summed E-state index contributed by atoms with van der Waals surface area (Å²) in [5.74, 6) is -2.41. The third kappa shape index (κ3) is 4.86. The second-order valence-corrected chi connectivity index (χ2v) is 4.79. The molecule has 0 aromatic rings.